The molecule has 0 rings (SSSR count). The first kappa shape index (κ1) is 14.3. The van der Waals surface area contributed by atoms with Gasteiger partial charge < -0.3 is 10.2 Å². The van der Waals surface area contributed by atoms with Crippen LogP contribution in [0.4, 0.5) is 0 Å². The molecule has 1 N–H and O–H groups in total. The van der Waals surface area contributed by atoms with Crippen LogP contribution >= 0.6 is 12.6 Å². The van der Waals surface area contributed by atoms with Gasteiger partial charge in [0.15, 0.2) is 0 Å². The lowest BCUT2D eigenvalue weighted by molar-refractivity contribution is -0.130. The van der Waals surface area contributed by atoms with Crippen LogP contribution in [-0.2, 0) is 9.59 Å². The van der Waals surface area contributed by atoms with Gasteiger partial charge >= 0.3 is 0 Å². The van der Waals surface area contributed by atoms with Crippen molar-refractivity contribution in [3.8, 4) is 0 Å². The van der Waals surface area contributed by atoms with Gasteiger partial charge in [-0.3, -0.25) is 9.59 Å². The lowest BCUT2D eigenvalue weighted by Crippen LogP contribution is -2.34. The van der Waals surface area contributed by atoms with Crippen LogP contribution in [0.3, 0.4) is 0 Å². The molecule has 0 aliphatic heterocycles. The molecule has 0 heterocycles. The van der Waals surface area contributed by atoms with Gasteiger partial charge in [-0.1, -0.05) is 0 Å². The van der Waals surface area contributed by atoms with Crippen LogP contribution in [0.25, 0.3) is 0 Å². The van der Waals surface area contributed by atoms with E-state index in [4.69, 9.17) is 0 Å². The molecule has 0 aromatic rings. The van der Waals surface area contributed by atoms with Crippen molar-refractivity contribution in [1.82, 2.24) is 10.2 Å². The summed E-state index contributed by atoms with van der Waals surface area (Å²) in [5, 5.41) is 2.68. The predicted molar refractivity (Wildman–Crippen MR) is 64.0 cm³/mol. The summed E-state index contributed by atoms with van der Waals surface area (Å²) in [6, 6.07) is 0. The van der Waals surface area contributed by atoms with E-state index < -0.39 is 0 Å². The fraction of sp³-hybridized carbons (Fsp3) is 0.800. The molecular weight excluding hydrogens is 212 g/mol. The second kappa shape index (κ2) is 8.59. The predicted octanol–water partition coefficient (Wildman–Crippen LogP) is 0.681. The lowest BCUT2D eigenvalue weighted by atomic mass is 10.3. The second-order valence-electron chi connectivity index (χ2n) is 3.14. The number of carbonyl (C=O) groups excluding carboxylic acids is 2. The first-order valence-corrected chi connectivity index (χ1v) is 5.94. The van der Waals surface area contributed by atoms with Gasteiger partial charge in [0, 0.05) is 32.5 Å². The Bertz CT molecular complexity index is 206. The van der Waals surface area contributed by atoms with Gasteiger partial charge in [0.1, 0.15) is 0 Å². The van der Waals surface area contributed by atoms with E-state index in [1.165, 1.54) is 0 Å². The number of amides is 2. The highest BCUT2D eigenvalue weighted by molar-refractivity contribution is 7.80. The minimum Gasteiger partial charge on any atom is -0.356 e. The zero-order valence-electron chi connectivity index (χ0n) is 9.45. The van der Waals surface area contributed by atoms with E-state index in [0.29, 0.717) is 25.1 Å². The smallest absolute Gasteiger partial charge is 0.224 e. The highest BCUT2D eigenvalue weighted by Crippen LogP contribution is 1.93. The number of thiol groups is 1. The maximum absolute atomic E-state index is 11.5. The molecule has 0 radical (unpaired) electrons. The van der Waals surface area contributed by atoms with Gasteiger partial charge in [0.05, 0.1) is 0 Å². The van der Waals surface area contributed by atoms with Crippen molar-refractivity contribution in [3.05, 3.63) is 0 Å². The summed E-state index contributed by atoms with van der Waals surface area (Å²) in [5.74, 6) is 0.582. The summed E-state index contributed by atoms with van der Waals surface area (Å²) in [4.78, 5) is 24.3. The van der Waals surface area contributed by atoms with Gasteiger partial charge in [-0.2, -0.15) is 12.6 Å². The zero-order valence-corrected chi connectivity index (χ0v) is 10.3. The standard InChI is InChI=1S/C10H20N2O2S/c1-3-12(4-2)10(14)5-7-11-9(13)6-8-15/h15H,3-8H2,1-2H3,(H,11,13). The molecule has 0 aromatic carbocycles. The third-order valence-electron chi connectivity index (χ3n) is 2.12. The van der Waals surface area contributed by atoms with Crippen molar-refractivity contribution in [1.29, 1.82) is 0 Å². The molecule has 2 amide bonds. The molecule has 0 aliphatic rings. The fourth-order valence-corrected chi connectivity index (χ4v) is 1.44. The molecule has 0 aromatic heterocycles. The maximum atomic E-state index is 11.5. The Morgan fingerprint density at radius 2 is 1.80 bits per heavy atom. The molecule has 15 heavy (non-hydrogen) atoms. The summed E-state index contributed by atoms with van der Waals surface area (Å²) in [7, 11) is 0. The Hall–Kier alpha value is -0.710. The Morgan fingerprint density at radius 3 is 2.27 bits per heavy atom. The SMILES string of the molecule is CCN(CC)C(=O)CCNC(=O)CCS. The summed E-state index contributed by atoms with van der Waals surface area (Å²) < 4.78 is 0. The third-order valence-corrected chi connectivity index (χ3v) is 2.34. The van der Waals surface area contributed by atoms with Gasteiger partial charge in [-0.05, 0) is 19.6 Å². The number of nitrogens with zero attached hydrogens (tertiary/aromatic N) is 1. The van der Waals surface area contributed by atoms with Crippen molar-refractivity contribution >= 4 is 24.4 Å². The number of hydrogen-bond donors (Lipinski definition) is 2. The van der Waals surface area contributed by atoms with E-state index in [1.807, 2.05) is 13.8 Å². The van der Waals surface area contributed by atoms with Crippen molar-refractivity contribution in [2.24, 2.45) is 0 Å². The number of rotatable bonds is 7. The Kier molecular flexibility index (Phi) is 8.18. The van der Waals surface area contributed by atoms with E-state index in [9.17, 15) is 9.59 Å². The Balaban J connectivity index is 3.67. The van der Waals surface area contributed by atoms with Crippen LogP contribution < -0.4 is 5.32 Å². The molecular formula is C10H20N2O2S. The zero-order chi connectivity index (χ0) is 11.7. The third kappa shape index (κ3) is 6.38. The molecule has 4 nitrogen and oxygen atoms in total. The second-order valence-corrected chi connectivity index (χ2v) is 3.59. The molecule has 0 atom stereocenters. The molecule has 0 unspecified atom stereocenters. The van der Waals surface area contributed by atoms with Crippen molar-refractivity contribution in [2.75, 3.05) is 25.4 Å². The lowest BCUT2D eigenvalue weighted by Gasteiger charge is -2.18. The van der Waals surface area contributed by atoms with Gasteiger partial charge in [-0.15, -0.1) is 0 Å². The quantitative estimate of drug-likeness (QED) is 0.634. The van der Waals surface area contributed by atoms with Crippen LogP contribution in [-0.4, -0.2) is 42.1 Å². The van der Waals surface area contributed by atoms with Crippen LogP contribution in [0.1, 0.15) is 26.7 Å². The molecule has 0 bridgehead atoms. The number of carbonyl (C=O) groups is 2. The molecule has 88 valence electrons. The normalized spacial score (nSPS) is 9.80. The minimum atomic E-state index is -0.0441. The average Bonchev–Trinajstić information content (AvgIpc) is 2.20. The van der Waals surface area contributed by atoms with Gasteiger partial charge in [0.25, 0.3) is 0 Å². The molecule has 0 fully saturated rings. The minimum absolute atomic E-state index is 0.0441. The van der Waals surface area contributed by atoms with Crippen molar-refractivity contribution in [3.63, 3.8) is 0 Å². The highest BCUT2D eigenvalue weighted by atomic mass is 32.1. The van der Waals surface area contributed by atoms with E-state index >= 15 is 0 Å². The maximum Gasteiger partial charge on any atom is 0.224 e. The van der Waals surface area contributed by atoms with Gasteiger partial charge in [-0.25, -0.2) is 0 Å². The topological polar surface area (TPSA) is 49.4 Å². The molecule has 0 saturated heterocycles. The summed E-state index contributed by atoms with van der Waals surface area (Å²) in [5.41, 5.74) is 0. The Morgan fingerprint density at radius 1 is 1.20 bits per heavy atom. The van der Waals surface area contributed by atoms with E-state index in [2.05, 4.69) is 17.9 Å². The van der Waals surface area contributed by atoms with E-state index in [-0.39, 0.29) is 11.8 Å². The highest BCUT2D eigenvalue weighted by Gasteiger charge is 2.09. The monoisotopic (exact) mass is 232 g/mol. The molecule has 0 aliphatic carbocycles. The van der Waals surface area contributed by atoms with Crippen LogP contribution in [0.2, 0.25) is 0 Å². The van der Waals surface area contributed by atoms with Crippen molar-refractivity contribution in [2.45, 2.75) is 26.7 Å². The van der Waals surface area contributed by atoms with Crippen molar-refractivity contribution < 1.29 is 9.59 Å². The first-order chi connectivity index (χ1) is 7.15. The fourth-order valence-electron chi connectivity index (χ4n) is 1.23. The molecule has 0 spiro atoms. The van der Waals surface area contributed by atoms with E-state index in [1.54, 1.807) is 4.90 Å². The van der Waals surface area contributed by atoms with Gasteiger partial charge in [0.2, 0.25) is 11.8 Å². The largest absolute Gasteiger partial charge is 0.356 e. The summed E-state index contributed by atoms with van der Waals surface area (Å²) in [6.45, 7) is 5.75. The molecule has 5 heteroatoms. The summed E-state index contributed by atoms with van der Waals surface area (Å²) in [6.07, 6.45) is 0.780. The average molecular weight is 232 g/mol. The van der Waals surface area contributed by atoms with E-state index in [0.717, 1.165) is 13.1 Å². The number of hydrogen-bond acceptors (Lipinski definition) is 3. The van der Waals surface area contributed by atoms with Crippen LogP contribution in [0.15, 0.2) is 0 Å². The first-order valence-electron chi connectivity index (χ1n) is 5.31. The molecule has 0 saturated carbocycles. The van der Waals surface area contributed by atoms with Crippen LogP contribution in [0.5, 0.6) is 0 Å². The Labute approximate surface area is 96.8 Å². The van der Waals surface area contributed by atoms with Crippen LogP contribution in [0, 0.1) is 0 Å². The summed E-state index contributed by atoms with van der Waals surface area (Å²) >= 11 is 3.95. The number of nitrogens with one attached hydrogen (secondary N) is 1.